The minimum atomic E-state index is -0.753. The van der Waals surface area contributed by atoms with Crippen LogP contribution in [0.3, 0.4) is 0 Å². The summed E-state index contributed by atoms with van der Waals surface area (Å²) in [6.45, 7) is 1.80. The summed E-state index contributed by atoms with van der Waals surface area (Å²) in [5.74, 6) is -0.678. The van der Waals surface area contributed by atoms with Gasteiger partial charge in [0.05, 0.1) is 13.7 Å². The van der Waals surface area contributed by atoms with Crippen molar-refractivity contribution in [3.8, 4) is 5.75 Å². The summed E-state index contributed by atoms with van der Waals surface area (Å²) in [6.07, 6.45) is 4.96. The number of Topliss-reactive ketones (excluding diaryl/α,β-unsaturated/α-hetero) is 1. The van der Waals surface area contributed by atoms with Crippen LogP contribution in [0.5, 0.6) is 5.75 Å². The number of nitrogens with one attached hydrogen (secondary N) is 2. The summed E-state index contributed by atoms with van der Waals surface area (Å²) in [5.41, 5.74) is 1.80. The van der Waals surface area contributed by atoms with Crippen molar-refractivity contribution in [1.29, 1.82) is 0 Å². The van der Waals surface area contributed by atoms with Gasteiger partial charge in [-0.25, -0.2) is 9.78 Å². The first kappa shape index (κ1) is 19.3. The summed E-state index contributed by atoms with van der Waals surface area (Å²) >= 11 is 0. The van der Waals surface area contributed by atoms with Gasteiger partial charge < -0.3 is 24.5 Å². The average Bonchev–Trinajstić information content (AvgIpc) is 3.29. The number of hydrogen-bond acceptors (Lipinski definition) is 7. The van der Waals surface area contributed by atoms with Crippen LogP contribution in [0.4, 0.5) is 5.69 Å². The van der Waals surface area contributed by atoms with Gasteiger partial charge in [-0.2, -0.15) is 0 Å². The molecule has 152 valence electrons. The Morgan fingerprint density at radius 2 is 2.17 bits per heavy atom. The lowest BCUT2D eigenvalue weighted by molar-refractivity contribution is -0.139. The third kappa shape index (κ3) is 3.62. The van der Waals surface area contributed by atoms with E-state index in [0.717, 1.165) is 5.39 Å². The summed E-state index contributed by atoms with van der Waals surface area (Å²) in [7, 11) is 1.55. The Hall–Kier alpha value is -4.07. The molecule has 0 spiro atoms. The van der Waals surface area contributed by atoms with E-state index in [4.69, 9.17) is 14.2 Å². The van der Waals surface area contributed by atoms with Gasteiger partial charge in [0.15, 0.2) is 11.3 Å². The Bertz CT molecular complexity index is 1190. The van der Waals surface area contributed by atoms with Gasteiger partial charge in [0, 0.05) is 35.1 Å². The highest BCUT2D eigenvalue weighted by Gasteiger charge is 2.37. The van der Waals surface area contributed by atoms with Crippen molar-refractivity contribution in [2.24, 2.45) is 0 Å². The van der Waals surface area contributed by atoms with Crippen LogP contribution in [-0.4, -0.2) is 35.4 Å². The minimum Gasteiger partial charge on any atom is -0.497 e. The Morgan fingerprint density at radius 1 is 1.30 bits per heavy atom. The van der Waals surface area contributed by atoms with Crippen LogP contribution < -0.4 is 10.1 Å². The molecule has 1 aliphatic rings. The number of aromatic nitrogens is 2. The Balaban J connectivity index is 1.70. The fourth-order valence-corrected chi connectivity index (χ4v) is 3.08. The van der Waals surface area contributed by atoms with Crippen molar-refractivity contribution in [1.82, 2.24) is 9.97 Å². The zero-order valence-corrected chi connectivity index (χ0v) is 16.4. The number of anilines is 1. The van der Waals surface area contributed by atoms with E-state index in [1.54, 1.807) is 62.8 Å². The number of methoxy groups -OCH3 is 1. The van der Waals surface area contributed by atoms with Gasteiger partial charge in [0.1, 0.15) is 11.4 Å². The van der Waals surface area contributed by atoms with E-state index in [0.29, 0.717) is 22.6 Å². The Labute approximate surface area is 172 Å². The molecule has 30 heavy (non-hydrogen) atoms. The molecule has 4 rings (SSSR count). The first-order valence-electron chi connectivity index (χ1n) is 9.29. The molecule has 0 unspecified atom stereocenters. The summed E-state index contributed by atoms with van der Waals surface area (Å²) < 4.78 is 16.0. The Kier molecular flexibility index (Phi) is 5.21. The molecule has 1 aromatic carbocycles. The van der Waals surface area contributed by atoms with E-state index in [2.05, 4.69) is 15.3 Å². The van der Waals surface area contributed by atoms with Gasteiger partial charge in [-0.1, -0.05) is 6.07 Å². The molecule has 3 heterocycles. The number of nitrogens with zero attached hydrogens (tertiary/aromatic N) is 1. The predicted molar refractivity (Wildman–Crippen MR) is 110 cm³/mol. The zero-order valence-electron chi connectivity index (χ0n) is 16.4. The molecule has 0 amide bonds. The van der Waals surface area contributed by atoms with E-state index in [1.165, 1.54) is 0 Å². The molecule has 0 fully saturated rings. The quantitative estimate of drug-likeness (QED) is 0.368. The SMILES string of the molecule is CCOC(=O)C1=C(Nc2cccc(OC)c2)OC(=Cc2c[nH]c3ncccc23)C1=O. The first-order valence-corrected chi connectivity index (χ1v) is 9.29. The number of pyridine rings is 1. The van der Waals surface area contributed by atoms with E-state index in [1.807, 2.05) is 6.07 Å². The summed E-state index contributed by atoms with van der Waals surface area (Å²) in [6, 6.07) is 10.7. The number of carbonyl (C=O) groups is 2. The largest absolute Gasteiger partial charge is 0.497 e. The van der Waals surface area contributed by atoms with Crippen LogP contribution in [0.15, 0.2) is 66.0 Å². The monoisotopic (exact) mass is 405 g/mol. The van der Waals surface area contributed by atoms with Gasteiger partial charge >= 0.3 is 5.97 Å². The highest BCUT2D eigenvalue weighted by molar-refractivity contribution is 6.26. The van der Waals surface area contributed by atoms with E-state index in [-0.39, 0.29) is 23.8 Å². The van der Waals surface area contributed by atoms with Crippen LogP contribution in [0.1, 0.15) is 12.5 Å². The number of H-pyrrole nitrogens is 1. The number of ether oxygens (including phenoxy) is 3. The van der Waals surface area contributed by atoms with Gasteiger partial charge in [0.25, 0.3) is 0 Å². The smallest absolute Gasteiger partial charge is 0.347 e. The summed E-state index contributed by atoms with van der Waals surface area (Å²) in [4.78, 5) is 32.7. The molecule has 3 aromatic rings. The van der Waals surface area contributed by atoms with Crippen LogP contribution in [0, 0.1) is 0 Å². The van der Waals surface area contributed by atoms with Crippen molar-refractivity contribution < 1.29 is 23.8 Å². The van der Waals surface area contributed by atoms with Crippen LogP contribution in [0.2, 0.25) is 0 Å². The molecule has 8 heteroatoms. The molecule has 2 aromatic heterocycles. The van der Waals surface area contributed by atoms with Gasteiger partial charge in [-0.05, 0) is 37.3 Å². The van der Waals surface area contributed by atoms with Crippen LogP contribution >= 0.6 is 0 Å². The normalized spacial score (nSPS) is 14.9. The van der Waals surface area contributed by atoms with Crippen molar-refractivity contribution in [2.75, 3.05) is 19.0 Å². The Morgan fingerprint density at radius 3 is 2.97 bits per heavy atom. The molecule has 0 atom stereocenters. The minimum absolute atomic E-state index is 0.00759. The molecule has 0 bridgehead atoms. The number of rotatable bonds is 6. The van der Waals surface area contributed by atoms with E-state index in [9.17, 15) is 9.59 Å². The number of ketones is 1. The molecule has 0 aliphatic carbocycles. The second-order valence-corrected chi connectivity index (χ2v) is 6.36. The highest BCUT2D eigenvalue weighted by atomic mass is 16.5. The van der Waals surface area contributed by atoms with Crippen molar-refractivity contribution >= 4 is 34.5 Å². The lowest BCUT2D eigenvalue weighted by Gasteiger charge is -2.10. The number of fused-ring (bicyclic) bond motifs is 1. The van der Waals surface area contributed by atoms with Gasteiger partial charge in [-0.15, -0.1) is 0 Å². The fourth-order valence-electron chi connectivity index (χ4n) is 3.08. The molecular formula is C22H19N3O5. The molecule has 1 aliphatic heterocycles. The number of allylic oxidation sites excluding steroid dienone is 1. The molecule has 0 radical (unpaired) electrons. The third-order valence-electron chi connectivity index (χ3n) is 4.47. The average molecular weight is 405 g/mol. The topological polar surface area (TPSA) is 103 Å². The summed E-state index contributed by atoms with van der Waals surface area (Å²) in [5, 5.41) is 3.80. The van der Waals surface area contributed by atoms with E-state index >= 15 is 0 Å². The number of carbonyl (C=O) groups excluding carboxylic acids is 2. The molecule has 2 N–H and O–H groups in total. The maximum Gasteiger partial charge on any atom is 0.347 e. The van der Waals surface area contributed by atoms with Crippen molar-refractivity contribution in [2.45, 2.75) is 6.92 Å². The zero-order chi connectivity index (χ0) is 21.1. The molecule has 0 saturated carbocycles. The van der Waals surface area contributed by atoms with Crippen LogP contribution in [0.25, 0.3) is 17.1 Å². The molecular weight excluding hydrogens is 386 g/mol. The first-order chi connectivity index (χ1) is 14.6. The van der Waals surface area contributed by atoms with Crippen LogP contribution in [-0.2, 0) is 19.1 Å². The third-order valence-corrected chi connectivity index (χ3v) is 4.47. The number of esters is 1. The van der Waals surface area contributed by atoms with Crippen molar-refractivity contribution in [3.63, 3.8) is 0 Å². The highest BCUT2D eigenvalue weighted by Crippen LogP contribution is 2.30. The molecule has 0 saturated heterocycles. The van der Waals surface area contributed by atoms with Crippen molar-refractivity contribution in [3.05, 3.63) is 71.6 Å². The number of hydrogen-bond donors (Lipinski definition) is 2. The van der Waals surface area contributed by atoms with Gasteiger partial charge in [0.2, 0.25) is 11.7 Å². The lowest BCUT2D eigenvalue weighted by atomic mass is 10.1. The standard InChI is InChI=1S/C22H19N3O5/c1-3-29-22(27)18-19(26)17(10-13-12-24-20-16(13)8-5-9-23-20)30-21(18)25-14-6-4-7-15(11-14)28-2/h4-12,25H,3H2,1-2H3,(H,23,24). The second-order valence-electron chi connectivity index (χ2n) is 6.36. The predicted octanol–water partition coefficient (Wildman–Crippen LogP) is 3.40. The fraction of sp³-hybridized carbons (Fsp3) is 0.136. The number of aromatic amines is 1. The maximum absolute atomic E-state index is 13.0. The number of benzene rings is 1. The van der Waals surface area contributed by atoms with E-state index < -0.39 is 11.8 Å². The lowest BCUT2D eigenvalue weighted by Crippen LogP contribution is -2.16. The second kappa shape index (κ2) is 8.12. The maximum atomic E-state index is 13.0. The molecule has 8 nitrogen and oxygen atoms in total. The van der Waals surface area contributed by atoms with Gasteiger partial charge in [-0.3, -0.25) is 4.79 Å².